The average molecular weight is 290 g/mol. The fourth-order valence-corrected chi connectivity index (χ4v) is 2.77. The van der Waals surface area contributed by atoms with Crippen LogP contribution in [0.2, 0.25) is 5.15 Å². The van der Waals surface area contributed by atoms with Crippen molar-refractivity contribution in [1.29, 1.82) is 0 Å². The Morgan fingerprint density at radius 2 is 2.05 bits per heavy atom. The number of nitrogen functional groups attached to an aromatic ring is 1. The van der Waals surface area contributed by atoms with Crippen molar-refractivity contribution in [3.05, 3.63) is 52.8 Å². The maximum Gasteiger partial charge on any atom is 0.221 e. The Labute approximate surface area is 122 Å². The normalized spacial score (nSPS) is 22.1. The maximum atomic E-state index is 5.96. The van der Waals surface area contributed by atoms with Crippen LogP contribution in [0.25, 0.3) is 0 Å². The van der Waals surface area contributed by atoms with Crippen molar-refractivity contribution in [2.75, 3.05) is 12.3 Å². The molecule has 0 spiro atoms. The van der Waals surface area contributed by atoms with Gasteiger partial charge in [0.15, 0.2) is 0 Å². The van der Waals surface area contributed by atoms with E-state index in [2.05, 4.69) is 45.1 Å². The minimum absolute atomic E-state index is 0.0815. The van der Waals surface area contributed by atoms with E-state index >= 15 is 0 Å². The number of nitrogens with one attached hydrogen (secondary N) is 2. The molecule has 1 aromatic carbocycles. The van der Waals surface area contributed by atoms with Crippen molar-refractivity contribution in [2.24, 2.45) is 5.92 Å². The Hall–Kier alpha value is -1.69. The fraction of sp³-hybridized carbons (Fsp3) is 0.286. The van der Waals surface area contributed by atoms with Gasteiger partial charge in [-0.1, -0.05) is 41.9 Å². The highest BCUT2D eigenvalue weighted by atomic mass is 35.5. The fourth-order valence-electron chi connectivity index (χ4n) is 2.57. The topological polar surface area (TPSA) is 75.9 Å². The molecule has 1 aliphatic heterocycles. The summed E-state index contributed by atoms with van der Waals surface area (Å²) >= 11 is 5.96. The summed E-state index contributed by atoms with van der Waals surface area (Å²) in [5.41, 5.74) is 14.2. The molecule has 1 aliphatic rings. The van der Waals surface area contributed by atoms with Gasteiger partial charge >= 0.3 is 0 Å². The number of nitrogens with two attached hydrogens (primary N) is 1. The molecule has 0 saturated carbocycles. The number of anilines is 1. The number of nitrogens with zero attached hydrogens (tertiary/aromatic N) is 2. The zero-order valence-electron chi connectivity index (χ0n) is 10.9. The highest BCUT2D eigenvalue weighted by molar-refractivity contribution is 6.29. The van der Waals surface area contributed by atoms with Gasteiger partial charge in [0.25, 0.3) is 0 Å². The molecular weight excluding hydrogens is 274 g/mol. The molecule has 1 fully saturated rings. The number of halogens is 1. The highest BCUT2D eigenvalue weighted by Gasteiger charge is 2.29. The van der Waals surface area contributed by atoms with Crippen LogP contribution in [-0.4, -0.2) is 16.5 Å². The molecule has 1 saturated heterocycles. The zero-order chi connectivity index (χ0) is 13.9. The van der Waals surface area contributed by atoms with E-state index in [1.807, 2.05) is 6.07 Å². The van der Waals surface area contributed by atoms with Crippen molar-refractivity contribution in [2.45, 2.75) is 12.5 Å². The summed E-state index contributed by atoms with van der Waals surface area (Å²) in [6.45, 7) is 0.876. The third-order valence-electron chi connectivity index (χ3n) is 3.48. The SMILES string of the molecule is Nc1nc(Cl)cc(C2NNCC2Cc2ccccc2)n1. The highest BCUT2D eigenvalue weighted by Crippen LogP contribution is 2.28. The molecule has 2 heterocycles. The minimum atomic E-state index is 0.0815. The predicted octanol–water partition coefficient (Wildman–Crippen LogP) is 1.72. The Morgan fingerprint density at radius 3 is 2.80 bits per heavy atom. The molecule has 6 heteroatoms. The molecule has 0 radical (unpaired) electrons. The van der Waals surface area contributed by atoms with Crippen molar-refractivity contribution >= 4 is 17.5 Å². The van der Waals surface area contributed by atoms with E-state index in [0.29, 0.717) is 11.1 Å². The van der Waals surface area contributed by atoms with E-state index in [1.54, 1.807) is 6.07 Å². The maximum absolute atomic E-state index is 5.96. The molecule has 0 amide bonds. The largest absolute Gasteiger partial charge is 0.368 e. The van der Waals surface area contributed by atoms with Gasteiger partial charge in [-0.3, -0.25) is 5.43 Å². The smallest absolute Gasteiger partial charge is 0.221 e. The van der Waals surface area contributed by atoms with Gasteiger partial charge in [-0.15, -0.1) is 0 Å². The van der Waals surface area contributed by atoms with Crippen LogP contribution in [0.1, 0.15) is 17.3 Å². The number of hydrazine groups is 1. The Bertz CT molecular complexity index is 569. The van der Waals surface area contributed by atoms with Crippen LogP contribution in [0.5, 0.6) is 0 Å². The van der Waals surface area contributed by atoms with Crippen LogP contribution < -0.4 is 16.6 Å². The molecule has 2 unspecified atom stereocenters. The molecule has 5 nitrogen and oxygen atoms in total. The van der Waals surface area contributed by atoms with Gasteiger partial charge in [-0.25, -0.2) is 15.4 Å². The van der Waals surface area contributed by atoms with Crippen molar-refractivity contribution in [3.8, 4) is 0 Å². The molecule has 0 bridgehead atoms. The molecule has 20 heavy (non-hydrogen) atoms. The summed E-state index contributed by atoms with van der Waals surface area (Å²) in [7, 11) is 0. The monoisotopic (exact) mass is 289 g/mol. The van der Waals surface area contributed by atoms with E-state index in [4.69, 9.17) is 17.3 Å². The molecular formula is C14H16ClN5. The lowest BCUT2D eigenvalue weighted by molar-refractivity contribution is 0.462. The molecule has 0 aliphatic carbocycles. The van der Waals surface area contributed by atoms with Gasteiger partial charge in [-0.2, -0.15) is 0 Å². The summed E-state index contributed by atoms with van der Waals surface area (Å²) < 4.78 is 0. The van der Waals surface area contributed by atoms with E-state index < -0.39 is 0 Å². The minimum Gasteiger partial charge on any atom is -0.368 e. The predicted molar refractivity (Wildman–Crippen MR) is 79.0 cm³/mol. The Balaban J connectivity index is 1.81. The summed E-state index contributed by atoms with van der Waals surface area (Å²) in [4.78, 5) is 8.19. The van der Waals surface area contributed by atoms with Gasteiger partial charge in [0.2, 0.25) is 5.95 Å². The van der Waals surface area contributed by atoms with Gasteiger partial charge < -0.3 is 5.73 Å². The van der Waals surface area contributed by atoms with E-state index in [1.165, 1.54) is 5.56 Å². The second-order valence-electron chi connectivity index (χ2n) is 4.93. The zero-order valence-corrected chi connectivity index (χ0v) is 11.6. The lowest BCUT2D eigenvalue weighted by Gasteiger charge is -2.18. The first-order valence-electron chi connectivity index (χ1n) is 6.54. The second-order valence-corrected chi connectivity index (χ2v) is 5.31. The molecule has 104 valence electrons. The number of hydrogen-bond acceptors (Lipinski definition) is 5. The quantitative estimate of drug-likeness (QED) is 0.750. The van der Waals surface area contributed by atoms with Gasteiger partial charge in [0.05, 0.1) is 11.7 Å². The molecule has 2 atom stereocenters. The summed E-state index contributed by atoms with van der Waals surface area (Å²) in [6.07, 6.45) is 0.965. The third kappa shape index (κ3) is 2.90. The first-order valence-corrected chi connectivity index (χ1v) is 6.92. The molecule has 1 aromatic heterocycles. The lowest BCUT2D eigenvalue weighted by Crippen LogP contribution is -2.26. The van der Waals surface area contributed by atoms with E-state index in [0.717, 1.165) is 18.7 Å². The van der Waals surface area contributed by atoms with Crippen molar-refractivity contribution < 1.29 is 0 Å². The van der Waals surface area contributed by atoms with Crippen LogP contribution in [-0.2, 0) is 6.42 Å². The van der Waals surface area contributed by atoms with Gasteiger partial charge in [0, 0.05) is 6.54 Å². The third-order valence-corrected chi connectivity index (χ3v) is 3.68. The van der Waals surface area contributed by atoms with Crippen LogP contribution in [0.15, 0.2) is 36.4 Å². The van der Waals surface area contributed by atoms with Crippen molar-refractivity contribution in [3.63, 3.8) is 0 Å². The first-order chi connectivity index (χ1) is 9.72. The Kier molecular flexibility index (Phi) is 3.82. The van der Waals surface area contributed by atoms with Crippen LogP contribution in [0.4, 0.5) is 5.95 Å². The lowest BCUT2D eigenvalue weighted by atomic mass is 9.92. The number of benzene rings is 1. The summed E-state index contributed by atoms with van der Waals surface area (Å²) in [5.74, 6) is 0.599. The van der Waals surface area contributed by atoms with Gasteiger partial charge in [-0.05, 0) is 24.0 Å². The summed E-state index contributed by atoms with van der Waals surface area (Å²) in [5, 5.41) is 0.375. The standard InChI is InChI=1S/C14H16ClN5/c15-12-7-11(18-14(16)19-12)13-10(8-17-20-13)6-9-4-2-1-3-5-9/h1-5,7,10,13,17,20H,6,8H2,(H2,16,18,19). The van der Waals surface area contributed by atoms with Crippen LogP contribution in [0.3, 0.4) is 0 Å². The number of rotatable bonds is 3. The van der Waals surface area contributed by atoms with Crippen molar-refractivity contribution in [1.82, 2.24) is 20.8 Å². The second kappa shape index (κ2) is 5.75. The average Bonchev–Trinajstić information content (AvgIpc) is 2.87. The number of hydrogen-bond donors (Lipinski definition) is 3. The Morgan fingerprint density at radius 1 is 1.25 bits per heavy atom. The first kappa shape index (κ1) is 13.3. The molecule has 3 rings (SSSR count). The summed E-state index contributed by atoms with van der Waals surface area (Å²) in [6, 6.07) is 12.3. The van der Waals surface area contributed by atoms with Gasteiger partial charge in [0.1, 0.15) is 5.15 Å². The molecule has 4 N–H and O–H groups in total. The number of aromatic nitrogens is 2. The van der Waals surface area contributed by atoms with E-state index in [-0.39, 0.29) is 12.0 Å². The molecule has 2 aromatic rings. The van der Waals surface area contributed by atoms with Crippen LogP contribution >= 0.6 is 11.6 Å². The van der Waals surface area contributed by atoms with E-state index in [9.17, 15) is 0 Å². The van der Waals surface area contributed by atoms with Crippen LogP contribution in [0, 0.1) is 5.92 Å².